The monoisotopic (exact) mass is 298 g/mol. The molecule has 0 unspecified atom stereocenters. The number of allylic oxidation sites excluding steroid dienone is 2. The Kier molecular flexibility index (Phi) is 7.45. The molecule has 2 atom stereocenters. The van der Waals surface area contributed by atoms with Gasteiger partial charge >= 0.3 is 5.97 Å². The summed E-state index contributed by atoms with van der Waals surface area (Å²) in [5.74, 6) is -2.70. The van der Waals surface area contributed by atoms with Gasteiger partial charge in [0.2, 0.25) is 11.8 Å². The molecule has 118 valence electrons. The predicted molar refractivity (Wildman–Crippen MR) is 75.5 cm³/mol. The molecule has 1 aliphatic rings. The first kappa shape index (κ1) is 17.2. The first-order valence-corrected chi connectivity index (χ1v) is 6.97. The van der Waals surface area contributed by atoms with Crippen LogP contribution >= 0.6 is 0 Å². The van der Waals surface area contributed by atoms with Gasteiger partial charge in [0, 0.05) is 26.6 Å². The van der Waals surface area contributed by atoms with Gasteiger partial charge in [-0.15, -0.1) is 0 Å². The molecule has 0 aliphatic heterocycles. The SMILES string of the molecule is COCCNC(=O)CCNC(=O)[C@@H]1CC=CC[C@@H]1C(=O)O. The Morgan fingerprint density at radius 3 is 2.43 bits per heavy atom. The van der Waals surface area contributed by atoms with E-state index in [1.807, 2.05) is 6.08 Å². The summed E-state index contributed by atoms with van der Waals surface area (Å²) in [6, 6.07) is 0. The number of methoxy groups -OCH3 is 1. The van der Waals surface area contributed by atoms with E-state index in [1.54, 1.807) is 13.2 Å². The molecule has 2 amide bonds. The number of hydrogen-bond donors (Lipinski definition) is 3. The summed E-state index contributed by atoms with van der Waals surface area (Å²) in [6.07, 6.45) is 4.55. The molecule has 1 aliphatic carbocycles. The van der Waals surface area contributed by atoms with Crippen molar-refractivity contribution in [1.82, 2.24) is 10.6 Å². The molecule has 0 radical (unpaired) electrons. The molecule has 1 rings (SSSR count). The number of carboxylic acids is 1. The lowest BCUT2D eigenvalue weighted by Gasteiger charge is -2.24. The molecular formula is C14H22N2O5. The Labute approximate surface area is 123 Å². The number of rotatable bonds is 8. The molecule has 0 bridgehead atoms. The molecule has 0 saturated carbocycles. The molecule has 0 heterocycles. The van der Waals surface area contributed by atoms with Gasteiger partial charge in [0.1, 0.15) is 0 Å². The molecule has 7 nitrogen and oxygen atoms in total. The molecule has 3 N–H and O–H groups in total. The van der Waals surface area contributed by atoms with Crippen molar-refractivity contribution in [3.05, 3.63) is 12.2 Å². The maximum Gasteiger partial charge on any atom is 0.307 e. The van der Waals surface area contributed by atoms with E-state index < -0.39 is 17.8 Å². The molecule has 7 heteroatoms. The minimum Gasteiger partial charge on any atom is -0.481 e. The van der Waals surface area contributed by atoms with Crippen LogP contribution in [0.15, 0.2) is 12.2 Å². The average molecular weight is 298 g/mol. The Hall–Kier alpha value is -1.89. The fourth-order valence-corrected chi connectivity index (χ4v) is 2.19. The Morgan fingerprint density at radius 1 is 1.14 bits per heavy atom. The lowest BCUT2D eigenvalue weighted by molar-refractivity contribution is -0.147. The topological polar surface area (TPSA) is 105 Å². The van der Waals surface area contributed by atoms with E-state index >= 15 is 0 Å². The van der Waals surface area contributed by atoms with Crippen LogP contribution in [0.25, 0.3) is 0 Å². The highest BCUT2D eigenvalue weighted by molar-refractivity contribution is 5.85. The summed E-state index contributed by atoms with van der Waals surface area (Å²) in [7, 11) is 1.55. The van der Waals surface area contributed by atoms with E-state index in [4.69, 9.17) is 9.84 Å². The van der Waals surface area contributed by atoms with Gasteiger partial charge in [-0.25, -0.2) is 0 Å². The quantitative estimate of drug-likeness (QED) is 0.429. The molecule has 0 aromatic carbocycles. The van der Waals surface area contributed by atoms with Crippen LogP contribution in [0.3, 0.4) is 0 Å². The first-order chi connectivity index (χ1) is 10.1. The van der Waals surface area contributed by atoms with Gasteiger partial charge in [-0.3, -0.25) is 14.4 Å². The Bertz CT molecular complexity index is 408. The maximum absolute atomic E-state index is 12.0. The van der Waals surface area contributed by atoms with E-state index in [9.17, 15) is 14.4 Å². The number of carbonyl (C=O) groups excluding carboxylic acids is 2. The summed E-state index contributed by atoms with van der Waals surface area (Å²) < 4.78 is 4.80. The fraction of sp³-hybridized carbons (Fsp3) is 0.643. The molecule has 0 saturated heterocycles. The van der Waals surface area contributed by atoms with Crippen LogP contribution in [0.1, 0.15) is 19.3 Å². The van der Waals surface area contributed by atoms with Crippen molar-refractivity contribution in [2.24, 2.45) is 11.8 Å². The maximum atomic E-state index is 12.0. The van der Waals surface area contributed by atoms with Crippen molar-refractivity contribution in [3.63, 3.8) is 0 Å². The molecule has 21 heavy (non-hydrogen) atoms. The molecule has 0 aromatic rings. The number of amides is 2. The summed E-state index contributed by atoms with van der Waals surface area (Å²) in [4.78, 5) is 34.5. The van der Waals surface area contributed by atoms with Gasteiger partial charge < -0.3 is 20.5 Å². The highest BCUT2D eigenvalue weighted by Crippen LogP contribution is 2.25. The second-order valence-corrected chi connectivity index (χ2v) is 4.88. The molecule has 0 spiro atoms. The molecule has 0 fully saturated rings. The van der Waals surface area contributed by atoms with Crippen LogP contribution in [-0.4, -0.2) is 49.7 Å². The number of hydrogen-bond acceptors (Lipinski definition) is 4. The van der Waals surface area contributed by atoms with Gasteiger partial charge in [0.15, 0.2) is 0 Å². The number of carboxylic acid groups (broad SMARTS) is 1. The normalized spacial score (nSPS) is 20.8. The zero-order valence-corrected chi connectivity index (χ0v) is 12.1. The first-order valence-electron chi connectivity index (χ1n) is 6.97. The zero-order valence-electron chi connectivity index (χ0n) is 12.1. The van der Waals surface area contributed by atoms with Crippen molar-refractivity contribution in [2.45, 2.75) is 19.3 Å². The van der Waals surface area contributed by atoms with Crippen molar-refractivity contribution >= 4 is 17.8 Å². The third-order valence-corrected chi connectivity index (χ3v) is 3.37. The Balaban J connectivity index is 2.31. The van der Waals surface area contributed by atoms with Gasteiger partial charge in [-0.05, 0) is 12.8 Å². The predicted octanol–water partition coefficient (Wildman–Crippen LogP) is -0.0777. The van der Waals surface area contributed by atoms with Crippen LogP contribution in [0.2, 0.25) is 0 Å². The van der Waals surface area contributed by atoms with Gasteiger partial charge in [-0.2, -0.15) is 0 Å². The minimum atomic E-state index is -0.961. The molecule has 0 aromatic heterocycles. The van der Waals surface area contributed by atoms with Crippen LogP contribution in [0.4, 0.5) is 0 Å². The summed E-state index contributed by atoms with van der Waals surface area (Å²) >= 11 is 0. The van der Waals surface area contributed by atoms with Crippen molar-refractivity contribution in [3.8, 4) is 0 Å². The smallest absolute Gasteiger partial charge is 0.307 e. The summed E-state index contributed by atoms with van der Waals surface area (Å²) in [6.45, 7) is 1.06. The second-order valence-electron chi connectivity index (χ2n) is 4.88. The standard InChI is InChI=1S/C14H22N2O5/c1-21-9-8-15-12(17)6-7-16-13(18)10-4-2-3-5-11(10)14(19)20/h2-3,10-11H,4-9H2,1H3,(H,15,17)(H,16,18)(H,19,20)/t10-,11+/m1/s1. The van der Waals surface area contributed by atoms with Crippen LogP contribution in [0.5, 0.6) is 0 Å². The lowest BCUT2D eigenvalue weighted by Crippen LogP contribution is -2.40. The van der Waals surface area contributed by atoms with Crippen LogP contribution in [-0.2, 0) is 19.1 Å². The summed E-state index contributed by atoms with van der Waals surface area (Å²) in [5.41, 5.74) is 0. The molecular weight excluding hydrogens is 276 g/mol. The van der Waals surface area contributed by atoms with Crippen LogP contribution in [0, 0.1) is 11.8 Å². The summed E-state index contributed by atoms with van der Waals surface area (Å²) in [5, 5.41) is 14.4. The third-order valence-electron chi connectivity index (χ3n) is 3.37. The Morgan fingerprint density at radius 2 is 1.81 bits per heavy atom. The van der Waals surface area contributed by atoms with E-state index in [1.165, 1.54) is 0 Å². The van der Waals surface area contributed by atoms with Crippen LogP contribution < -0.4 is 10.6 Å². The number of nitrogens with one attached hydrogen (secondary N) is 2. The highest BCUT2D eigenvalue weighted by atomic mass is 16.5. The minimum absolute atomic E-state index is 0.162. The van der Waals surface area contributed by atoms with Gasteiger partial charge in [0.05, 0.1) is 18.4 Å². The second kappa shape index (κ2) is 9.12. The van der Waals surface area contributed by atoms with Crippen molar-refractivity contribution in [2.75, 3.05) is 26.8 Å². The van der Waals surface area contributed by atoms with E-state index in [0.717, 1.165) is 0 Å². The zero-order chi connectivity index (χ0) is 15.7. The van der Waals surface area contributed by atoms with Crippen molar-refractivity contribution < 1.29 is 24.2 Å². The largest absolute Gasteiger partial charge is 0.481 e. The van der Waals surface area contributed by atoms with E-state index in [-0.39, 0.29) is 24.8 Å². The van der Waals surface area contributed by atoms with Crippen molar-refractivity contribution in [1.29, 1.82) is 0 Å². The lowest BCUT2D eigenvalue weighted by atomic mass is 9.82. The van der Waals surface area contributed by atoms with Gasteiger partial charge in [-0.1, -0.05) is 12.2 Å². The number of aliphatic carboxylic acids is 1. The number of carbonyl (C=O) groups is 3. The fourth-order valence-electron chi connectivity index (χ4n) is 2.19. The average Bonchev–Trinajstić information content (AvgIpc) is 2.47. The highest BCUT2D eigenvalue weighted by Gasteiger charge is 2.33. The van der Waals surface area contributed by atoms with Gasteiger partial charge in [0.25, 0.3) is 0 Å². The van der Waals surface area contributed by atoms with E-state index in [2.05, 4.69) is 10.6 Å². The number of ether oxygens (including phenoxy) is 1. The van der Waals surface area contributed by atoms with E-state index in [0.29, 0.717) is 26.0 Å². The third kappa shape index (κ3) is 5.95.